The van der Waals surface area contributed by atoms with Crippen LogP contribution in [0.2, 0.25) is 0 Å². The number of rotatable bonds is 3. The molecule has 1 atom stereocenters. The van der Waals surface area contributed by atoms with Crippen LogP contribution < -0.4 is 10.2 Å². The number of para-hydroxylation sites is 1. The van der Waals surface area contributed by atoms with Crippen LogP contribution in [0.5, 0.6) is 0 Å². The molecule has 1 N–H and O–H groups in total. The maximum Gasteiger partial charge on any atom is 0.317 e. The van der Waals surface area contributed by atoms with Gasteiger partial charge >= 0.3 is 6.03 Å². The van der Waals surface area contributed by atoms with E-state index in [9.17, 15) is 13.6 Å². The first-order valence-corrected chi connectivity index (χ1v) is 8.35. The molecule has 4 nitrogen and oxygen atoms in total. The Morgan fingerprint density at radius 1 is 1.04 bits per heavy atom. The minimum Gasteiger partial charge on any atom is -0.368 e. The van der Waals surface area contributed by atoms with Crippen molar-refractivity contribution in [2.45, 2.75) is 13.0 Å². The van der Waals surface area contributed by atoms with Crippen LogP contribution in [-0.4, -0.2) is 37.1 Å². The lowest BCUT2D eigenvalue weighted by Gasteiger charge is -2.36. The van der Waals surface area contributed by atoms with E-state index in [4.69, 9.17) is 0 Å². The minimum absolute atomic E-state index is 0.232. The average molecular weight is 345 g/mol. The summed E-state index contributed by atoms with van der Waals surface area (Å²) in [6, 6.07) is 12.7. The summed E-state index contributed by atoms with van der Waals surface area (Å²) in [5.74, 6) is -1.28. The molecule has 0 aromatic heterocycles. The molecular formula is C19H21F2N3O. The Morgan fingerprint density at radius 3 is 2.36 bits per heavy atom. The number of nitrogens with zero attached hydrogens (tertiary/aromatic N) is 2. The highest BCUT2D eigenvalue weighted by atomic mass is 19.1. The molecule has 1 heterocycles. The van der Waals surface area contributed by atoms with Gasteiger partial charge < -0.3 is 15.1 Å². The SMILES string of the molecule is CC(NC(=O)N1CCN(c2ccccc2)CC1)c1ccc(F)cc1F. The first kappa shape index (κ1) is 17.2. The van der Waals surface area contributed by atoms with Crippen LogP contribution >= 0.6 is 0 Å². The van der Waals surface area contributed by atoms with Gasteiger partial charge in [-0.3, -0.25) is 0 Å². The zero-order valence-electron chi connectivity index (χ0n) is 14.1. The van der Waals surface area contributed by atoms with E-state index < -0.39 is 17.7 Å². The summed E-state index contributed by atoms with van der Waals surface area (Å²) in [6.45, 7) is 4.38. The number of hydrogen-bond acceptors (Lipinski definition) is 2. The number of hydrogen-bond donors (Lipinski definition) is 1. The molecule has 2 amide bonds. The van der Waals surface area contributed by atoms with Crippen molar-refractivity contribution in [3.8, 4) is 0 Å². The summed E-state index contributed by atoms with van der Waals surface area (Å²) >= 11 is 0. The monoisotopic (exact) mass is 345 g/mol. The molecule has 132 valence electrons. The molecule has 1 fully saturated rings. The van der Waals surface area contributed by atoms with Crippen LogP contribution in [0.1, 0.15) is 18.5 Å². The summed E-state index contributed by atoms with van der Waals surface area (Å²) in [4.78, 5) is 16.4. The van der Waals surface area contributed by atoms with Gasteiger partial charge in [0, 0.05) is 43.5 Å². The number of carbonyl (C=O) groups excluding carboxylic acids is 1. The second-order valence-corrected chi connectivity index (χ2v) is 6.15. The number of benzene rings is 2. The summed E-state index contributed by atoms with van der Waals surface area (Å²) in [5, 5.41) is 2.79. The second kappa shape index (κ2) is 7.51. The van der Waals surface area contributed by atoms with Gasteiger partial charge in [0.05, 0.1) is 6.04 Å². The fourth-order valence-electron chi connectivity index (χ4n) is 3.01. The third-order valence-electron chi connectivity index (χ3n) is 4.46. The van der Waals surface area contributed by atoms with Gasteiger partial charge in [0.1, 0.15) is 11.6 Å². The zero-order chi connectivity index (χ0) is 17.8. The first-order chi connectivity index (χ1) is 12.0. The van der Waals surface area contributed by atoms with Gasteiger partial charge in [0.15, 0.2) is 0 Å². The minimum atomic E-state index is -0.651. The van der Waals surface area contributed by atoms with Crippen molar-refractivity contribution >= 4 is 11.7 Å². The predicted molar refractivity (Wildman–Crippen MR) is 93.5 cm³/mol. The topological polar surface area (TPSA) is 35.6 Å². The highest BCUT2D eigenvalue weighted by Gasteiger charge is 2.23. The molecule has 1 aliphatic heterocycles. The molecule has 1 saturated heterocycles. The van der Waals surface area contributed by atoms with Crippen molar-refractivity contribution < 1.29 is 13.6 Å². The number of anilines is 1. The van der Waals surface area contributed by atoms with Gasteiger partial charge in [-0.1, -0.05) is 24.3 Å². The van der Waals surface area contributed by atoms with Gasteiger partial charge in [-0.2, -0.15) is 0 Å². The van der Waals surface area contributed by atoms with E-state index in [1.54, 1.807) is 11.8 Å². The normalized spacial score (nSPS) is 15.8. The van der Waals surface area contributed by atoms with Gasteiger partial charge in [-0.05, 0) is 25.1 Å². The summed E-state index contributed by atoms with van der Waals surface area (Å²) in [7, 11) is 0. The molecule has 1 aliphatic rings. The van der Waals surface area contributed by atoms with Crippen LogP contribution in [0.25, 0.3) is 0 Å². The van der Waals surface area contributed by atoms with Crippen molar-refractivity contribution in [3.05, 3.63) is 65.7 Å². The Kier molecular flexibility index (Phi) is 5.16. The number of nitrogens with one attached hydrogen (secondary N) is 1. The van der Waals surface area contributed by atoms with Crippen LogP contribution in [0.4, 0.5) is 19.3 Å². The molecule has 2 aromatic rings. The molecule has 0 bridgehead atoms. The largest absolute Gasteiger partial charge is 0.368 e. The Labute approximate surface area is 146 Å². The van der Waals surface area contributed by atoms with E-state index in [1.807, 2.05) is 18.2 Å². The van der Waals surface area contributed by atoms with Gasteiger partial charge in [0.2, 0.25) is 0 Å². The molecule has 6 heteroatoms. The van der Waals surface area contributed by atoms with Gasteiger partial charge in [-0.15, -0.1) is 0 Å². The maximum atomic E-state index is 13.8. The van der Waals surface area contributed by atoms with Gasteiger partial charge in [-0.25, -0.2) is 13.6 Å². The average Bonchev–Trinajstić information content (AvgIpc) is 2.62. The first-order valence-electron chi connectivity index (χ1n) is 8.35. The quantitative estimate of drug-likeness (QED) is 0.923. The van der Waals surface area contributed by atoms with Crippen LogP contribution in [-0.2, 0) is 0 Å². The Hall–Kier alpha value is -2.63. The van der Waals surface area contributed by atoms with E-state index in [0.29, 0.717) is 13.1 Å². The molecule has 3 rings (SSSR count). The zero-order valence-corrected chi connectivity index (χ0v) is 14.1. The highest BCUT2D eigenvalue weighted by molar-refractivity contribution is 5.75. The molecule has 0 saturated carbocycles. The van der Waals surface area contributed by atoms with Crippen LogP contribution in [0, 0.1) is 11.6 Å². The standard InChI is InChI=1S/C19H21F2N3O/c1-14(17-8-7-15(20)13-18(17)21)22-19(25)24-11-9-23(10-12-24)16-5-3-2-4-6-16/h2-8,13-14H,9-12H2,1H3,(H,22,25). The van der Waals surface area contributed by atoms with Crippen LogP contribution in [0.3, 0.4) is 0 Å². The number of amides is 2. The molecular weight excluding hydrogens is 324 g/mol. The summed E-state index contributed by atoms with van der Waals surface area (Å²) in [5.41, 5.74) is 1.42. The highest BCUT2D eigenvalue weighted by Crippen LogP contribution is 2.19. The third kappa shape index (κ3) is 4.07. The lowest BCUT2D eigenvalue weighted by atomic mass is 10.1. The van der Waals surface area contributed by atoms with Crippen molar-refractivity contribution in [2.24, 2.45) is 0 Å². The van der Waals surface area contributed by atoms with E-state index in [1.165, 1.54) is 12.1 Å². The maximum absolute atomic E-state index is 13.8. The summed E-state index contributed by atoms with van der Waals surface area (Å²) < 4.78 is 26.8. The Bertz CT molecular complexity index is 731. The number of carbonyl (C=O) groups is 1. The predicted octanol–water partition coefficient (Wildman–Crippen LogP) is 3.56. The fourth-order valence-corrected chi connectivity index (χ4v) is 3.01. The van der Waals surface area contributed by atoms with Crippen molar-refractivity contribution in [3.63, 3.8) is 0 Å². The van der Waals surface area contributed by atoms with E-state index in [-0.39, 0.29) is 11.6 Å². The molecule has 1 unspecified atom stereocenters. The molecule has 0 radical (unpaired) electrons. The van der Waals surface area contributed by atoms with E-state index in [0.717, 1.165) is 24.8 Å². The Morgan fingerprint density at radius 2 is 1.72 bits per heavy atom. The van der Waals surface area contributed by atoms with Crippen molar-refractivity contribution in [2.75, 3.05) is 31.1 Å². The lowest BCUT2D eigenvalue weighted by Crippen LogP contribution is -2.52. The van der Waals surface area contributed by atoms with Crippen LogP contribution in [0.15, 0.2) is 48.5 Å². The van der Waals surface area contributed by atoms with E-state index in [2.05, 4.69) is 22.3 Å². The van der Waals surface area contributed by atoms with Gasteiger partial charge in [0.25, 0.3) is 0 Å². The third-order valence-corrected chi connectivity index (χ3v) is 4.46. The molecule has 0 spiro atoms. The van der Waals surface area contributed by atoms with Crippen molar-refractivity contribution in [1.29, 1.82) is 0 Å². The van der Waals surface area contributed by atoms with E-state index >= 15 is 0 Å². The van der Waals surface area contributed by atoms with Crippen molar-refractivity contribution in [1.82, 2.24) is 10.2 Å². The summed E-state index contributed by atoms with van der Waals surface area (Å²) in [6.07, 6.45) is 0. The molecule has 25 heavy (non-hydrogen) atoms. The fraction of sp³-hybridized carbons (Fsp3) is 0.316. The lowest BCUT2D eigenvalue weighted by molar-refractivity contribution is 0.191. The number of halogens is 2. The molecule has 0 aliphatic carbocycles. The number of urea groups is 1. The molecule has 2 aromatic carbocycles. The second-order valence-electron chi connectivity index (χ2n) is 6.15. The number of piperazine rings is 1. The Balaban J connectivity index is 1.56. The smallest absolute Gasteiger partial charge is 0.317 e.